The number of hydrogen-bond donors (Lipinski definition) is 2. The number of carbonyl (C=O) groups is 1. The van der Waals surface area contributed by atoms with Gasteiger partial charge in [0.05, 0.1) is 5.69 Å². The zero-order valence-corrected chi connectivity index (χ0v) is 19.1. The predicted molar refractivity (Wildman–Crippen MR) is 126 cm³/mol. The summed E-state index contributed by atoms with van der Waals surface area (Å²) in [5, 5.41) is 3.13. The van der Waals surface area contributed by atoms with E-state index in [0.29, 0.717) is 25.2 Å². The van der Waals surface area contributed by atoms with Gasteiger partial charge in [-0.05, 0) is 51.1 Å². The first-order valence-corrected chi connectivity index (χ1v) is 11.9. The first-order chi connectivity index (χ1) is 15.6. The number of piperazine rings is 1. The van der Waals surface area contributed by atoms with Crippen molar-refractivity contribution in [1.82, 2.24) is 25.1 Å². The van der Waals surface area contributed by atoms with Gasteiger partial charge in [0.2, 0.25) is 5.91 Å². The topological polar surface area (TPSA) is 81.3 Å². The van der Waals surface area contributed by atoms with E-state index in [2.05, 4.69) is 55.4 Å². The van der Waals surface area contributed by atoms with Gasteiger partial charge >= 0.3 is 0 Å². The molecule has 0 spiro atoms. The van der Waals surface area contributed by atoms with Crippen LogP contribution in [0.15, 0.2) is 35.1 Å². The summed E-state index contributed by atoms with van der Waals surface area (Å²) in [4.78, 5) is 37.1. The van der Waals surface area contributed by atoms with Crippen LogP contribution in [0.25, 0.3) is 0 Å². The first-order valence-electron chi connectivity index (χ1n) is 11.9. The lowest BCUT2D eigenvalue weighted by Gasteiger charge is -2.34. The smallest absolute Gasteiger partial charge is 0.254 e. The lowest BCUT2D eigenvalue weighted by Crippen LogP contribution is -2.46. The van der Waals surface area contributed by atoms with Crippen LogP contribution >= 0.6 is 0 Å². The van der Waals surface area contributed by atoms with Crippen molar-refractivity contribution in [1.29, 1.82) is 0 Å². The van der Waals surface area contributed by atoms with Crippen LogP contribution in [0.3, 0.4) is 0 Å². The van der Waals surface area contributed by atoms with Crippen LogP contribution in [0, 0.1) is 12.8 Å². The Balaban J connectivity index is 1.13. The average Bonchev–Trinajstić information content (AvgIpc) is 3.01. The standard InChI is InChI=1S/C25H35N5O2/c1-19-27-23-11-9-21(8-10-22(23)25(32)28-19)24(31)26-12-5-13-29-14-16-30(17-15-29)18-20-6-3-2-4-7-20/h2-4,6-7,21H,5,8-18H2,1H3,(H,26,31)(H,27,28,32). The minimum atomic E-state index is -0.0441. The zero-order valence-electron chi connectivity index (χ0n) is 19.1. The van der Waals surface area contributed by atoms with E-state index < -0.39 is 0 Å². The lowest BCUT2D eigenvalue weighted by molar-refractivity contribution is -0.125. The SMILES string of the molecule is Cc1nc2c(c(=O)[nH]1)CCC(C(=O)NCCCN1CCN(Cc3ccccc3)CC1)CC2. The third-order valence-corrected chi connectivity index (χ3v) is 6.73. The zero-order chi connectivity index (χ0) is 22.3. The van der Waals surface area contributed by atoms with Gasteiger partial charge in [0, 0.05) is 50.7 Å². The molecule has 2 N–H and O–H groups in total. The Morgan fingerprint density at radius 2 is 1.81 bits per heavy atom. The molecule has 1 aliphatic carbocycles. The molecule has 7 heteroatoms. The monoisotopic (exact) mass is 437 g/mol. The average molecular weight is 438 g/mol. The number of hydrogen-bond acceptors (Lipinski definition) is 5. The van der Waals surface area contributed by atoms with Crippen molar-refractivity contribution in [3.63, 3.8) is 0 Å². The number of aryl methyl sites for hydroxylation is 2. The molecule has 1 aromatic carbocycles. The van der Waals surface area contributed by atoms with Crippen LogP contribution in [0.5, 0.6) is 0 Å². The van der Waals surface area contributed by atoms with E-state index in [1.165, 1.54) is 5.56 Å². The maximum Gasteiger partial charge on any atom is 0.254 e. The Morgan fingerprint density at radius 1 is 1.09 bits per heavy atom. The molecule has 1 amide bonds. The lowest BCUT2D eigenvalue weighted by atomic mass is 9.99. The summed E-state index contributed by atoms with van der Waals surface area (Å²) in [6.45, 7) is 8.92. The maximum absolute atomic E-state index is 12.7. The number of benzene rings is 1. The van der Waals surface area contributed by atoms with E-state index in [-0.39, 0.29) is 17.4 Å². The van der Waals surface area contributed by atoms with E-state index in [4.69, 9.17) is 0 Å². The molecule has 2 heterocycles. The van der Waals surface area contributed by atoms with Gasteiger partial charge in [-0.15, -0.1) is 0 Å². The molecular formula is C25H35N5O2. The number of amides is 1. The van der Waals surface area contributed by atoms with Crippen molar-refractivity contribution < 1.29 is 4.79 Å². The fourth-order valence-corrected chi connectivity index (χ4v) is 4.84. The van der Waals surface area contributed by atoms with Crippen molar-refractivity contribution in [2.75, 3.05) is 39.3 Å². The highest BCUT2D eigenvalue weighted by Crippen LogP contribution is 2.21. The number of H-pyrrole nitrogens is 1. The van der Waals surface area contributed by atoms with Crippen molar-refractivity contribution in [2.24, 2.45) is 5.92 Å². The fraction of sp³-hybridized carbons (Fsp3) is 0.560. The van der Waals surface area contributed by atoms with Crippen molar-refractivity contribution in [3.8, 4) is 0 Å². The second kappa shape index (κ2) is 10.9. The van der Waals surface area contributed by atoms with Gasteiger partial charge in [0.1, 0.15) is 5.82 Å². The molecule has 32 heavy (non-hydrogen) atoms. The van der Waals surface area contributed by atoms with Crippen LogP contribution in [0.2, 0.25) is 0 Å². The summed E-state index contributed by atoms with van der Waals surface area (Å²) in [5.74, 6) is 0.738. The number of aromatic nitrogens is 2. The Labute approximate surface area is 190 Å². The number of nitrogens with zero attached hydrogens (tertiary/aromatic N) is 3. The fourth-order valence-electron chi connectivity index (χ4n) is 4.84. The van der Waals surface area contributed by atoms with Gasteiger partial charge in [0.15, 0.2) is 0 Å². The number of fused-ring (bicyclic) bond motifs is 1. The van der Waals surface area contributed by atoms with E-state index in [9.17, 15) is 9.59 Å². The number of rotatable bonds is 7. The Kier molecular flexibility index (Phi) is 7.71. The van der Waals surface area contributed by atoms with Gasteiger partial charge in [-0.25, -0.2) is 4.98 Å². The summed E-state index contributed by atoms with van der Waals surface area (Å²) in [6.07, 6.45) is 3.78. The largest absolute Gasteiger partial charge is 0.356 e. The Bertz CT molecular complexity index is 951. The van der Waals surface area contributed by atoms with Crippen molar-refractivity contribution in [2.45, 2.75) is 45.6 Å². The van der Waals surface area contributed by atoms with Crippen LogP contribution < -0.4 is 10.9 Å². The third-order valence-electron chi connectivity index (χ3n) is 6.73. The summed E-state index contributed by atoms with van der Waals surface area (Å²) in [5.41, 5.74) is 2.96. The van der Waals surface area contributed by atoms with Crippen LogP contribution in [0.1, 0.15) is 41.9 Å². The van der Waals surface area contributed by atoms with E-state index in [1.807, 2.05) is 0 Å². The summed E-state index contributed by atoms with van der Waals surface area (Å²) < 4.78 is 0. The summed E-state index contributed by atoms with van der Waals surface area (Å²) >= 11 is 0. The van der Waals surface area contributed by atoms with Gasteiger partial charge in [-0.3, -0.25) is 14.5 Å². The van der Waals surface area contributed by atoms with Crippen LogP contribution in [-0.4, -0.2) is 64.9 Å². The molecule has 2 aromatic rings. The van der Waals surface area contributed by atoms with Gasteiger partial charge in [-0.1, -0.05) is 30.3 Å². The minimum Gasteiger partial charge on any atom is -0.356 e. The molecule has 1 aliphatic heterocycles. The summed E-state index contributed by atoms with van der Waals surface area (Å²) in [6, 6.07) is 10.7. The van der Waals surface area contributed by atoms with Crippen molar-refractivity contribution in [3.05, 3.63) is 63.3 Å². The molecule has 4 rings (SSSR count). The highest BCUT2D eigenvalue weighted by molar-refractivity contribution is 5.78. The molecule has 1 saturated heterocycles. The molecule has 1 atom stereocenters. The normalized spacial score (nSPS) is 19.8. The van der Waals surface area contributed by atoms with Crippen LogP contribution in [-0.2, 0) is 24.2 Å². The molecule has 2 aliphatic rings. The third kappa shape index (κ3) is 6.04. The Morgan fingerprint density at radius 3 is 2.59 bits per heavy atom. The van der Waals surface area contributed by atoms with E-state index in [1.54, 1.807) is 6.92 Å². The van der Waals surface area contributed by atoms with Gasteiger partial charge in [-0.2, -0.15) is 0 Å². The quantitative estimate of drug-likeness (QED) is 0.511. The maximum atomic E-state index is 12.7. The van der Waals surface area contributed by atoms with Gasteiger partial charge in [0.25, 0.3) is 5.56 Å². The second-order valence-corrected chi connectivity index (χ2v) is 9.10. The highest BCUT2D eigenvalue weighted by atomic mass is 16.2. The molecule has 0 bridgehead atoms. The van der Waals surface area contributed by atoms with Crippen molar-refractivity contribution >= 4 is 5.91 Å². The number of carbonyl (C=O) groups excluding carboxylic acids is 1. The van der Waals surface area contributed by atoms with E-state index in [0.717, 1.165) is 69.8 Å². The molecule has 1 aromatic heterocycles. The van der Waals surface area contributed by atoms with E-state index >= 15 is 0 Å². The van der Waals surface area contributed by atoms with Crippen LogP contribution in [0.4, 0.5) is 0 Å². The molecule has 1 fully saturated rings. The molecule has 0 saturated carbocycles. The molecule has 0 radical (unpaired) electrons. The Hall–Kier alpha value is -2.51. The first kappa shape index (κ1) is 22.7. The summed E-state index contributed by atoms with van der Waals surface area (Å²) in [7, 11) is 0. The minimum absolute atomic E-state index is 0.0366. The number of aromatic amines is 1. The molecule has 1 unspecified atom stereocenters. The molecular weight excluding hydrogens is 402 g/mol. The molecule has 172 valence electrons. The second-order valence-electron chi connectivity index (χ2n) is 9.10. The van der Waals surface area contributed by atoms with Gasteiger partial charge < -0.3 is 15.2 Å². The highest BCUT2D eigenvalue weighted by Gasteiger charge is 2.24. The predicted octanol–water partition coefficient (Wildman–Crippen LogP) is 1.90. The number of nitrogens with one attached hydrogen (secondary N) is 2. The molecule has 7 nitrogen and oxygen atoms in total.